The molecule has 19 heavy (non-hydrogen) atoms. The molecule has 0 bridgehead atoms. The summed E-state index contributed by atoms with van der Waals surface area (Å²) in [5.41, 5.74) is 3.38. The number of ether oxygens (including phenoxy) is 1. The van der Waals surface area contributed by atoms with Gasteiger partial charge in [-0.3, -0.25) is 0 Å². The minimum absolute atomic E-state index is 0.250. The number of hydrogen-bond acceptors (Lipinski definition) is 2. The second-order valence-electron chi connectivity index (χ2n) is 4.95. The van der Waals surface area contributed by atoms with E-state index in [1.54, 1.807) is 43.6 Å². The van der Waals surface area contributed by atoms with E-state index in [-0.39, 0.29) is 6.61 Å². The average molecular weight is 268 g/mol. The molecule has 0 aromatic heterocycles. The zero-order valence-electron chi connectivity index (χ0n) is 13.6. The Morgan fingerprint density at radius 3 is 2.16 bits per heavy atom. The van der Waals surface area contributed by atoms with Gasteiger partial charge in [0.05, 0.1) is 13.4 Å². The van der Waals surface area contributed by atoms with Gasteiger partial charge in [0.15, 0.2) is 0 Å². The summed E-state index contributed by atoms with van der Waals surface area (Å²) in [6.07, 6.45) is 7.67. The van der Waals surface area contributed by atoms with Crippen molar-refractivity contribution in [3.63, 3.8) is 0 Å². The fraction of sp³-hybridized carbons (Fsp3) is 0.647. The molecular weight excluding hydrogens is 236 g/mol. The summed E-state index contributed by atoms with van der Waals surface area (Å²) in [5.74, 6) is 1.64. The van der Waals surface area contributed by atoms with E-state index < -0.39 is 0 Å². The highest BCUT2D eigenvalue weighted by atomic mass is 16.5. The smallest absolute Gasteiger partial charge is 0.0824 e. The molecule has 0 saturated heterocycles. The Labute approximate surface area is 119 Å². The highest BCUT2D eigenvalue weighted by Gasteiger charge is 2.20. The van der Waals surface area contributed by atoms with Gasteiger partial charge >= 0.3 is 0 Å². The van der Waals surface area contributed by atoms with Gasteiger partial charge in [-0.1, -0.05) is 44.6 Å². The number of hydrogen-bond donors (Lipinski definition) is 1. The highest BCUT2D eigenvalue weighted by molar-refractivity contribution is 5.21. The van der Waals surface area contributed by atoms with Gasteiger partial charge in [0.1, 0.15) is 0 Å². The van der Waals surface area contributed by atoms with Crippen LogP contribution in [0.5, 0.6) is 0 Å². The lowest BCUT2D eigenvalue weighted by Gasteiger charge is -2.13. The van der Waals surface area contributed by atoms with Crippen molar-refractivity contribution < 1.29 is 9.84 Å². The van der Waals surface area contributed by atoms with Crippen molar-refractivity contribution in [3.05, 3.63) is 36.1 Å². The Bertz CT molecular complexity index is 275. The van der Waals surface area contributed by atoms with Crippen LogP contribution in [0.15, 0.2) is 36.1 Å². The van der Waals surface area contributed by atoms with Crippen molar-refractivity contribution in [2.75, 3.05) is 13.7 Å². The molecule has 0 unspecified atom stereocenters. The topological polar surface area (TPSA) is 29.5 Å². The fourth-order valence-electron chi connectivity index (χ4n) is 2.35. The monoisotopic (exact) mass is 268 g/mol. The van der Waals surface area contributed by atoms with Crippen LogP contribution in [-0.4, -0.2) is 18.8 Å². The number of aliphatic hydroxyl groups excluding tert-OH is 1. The van der Waals surface area contributed by atoms with E-state index >= 15 is 0 Å². The minimum Gasteiger partial charge on any atom is -0.504 e. The molecule has 0 radical (unpaired) electrons. The van der Waals surface area contributed by atoms with Crippen molar-refractivity contribution in [1.82, 2.24) is 0 Å². The van der Waals surface area contributed by atoms with Crippen LogP contribution in [0.2, 0.25) is 0 Å². The molecule has 2 nitrogen and oxygen atoms in total. The van der Waals surface area contributed by atoms with Gasteiger partial charge in [-0.05, 0) is 44.6 Å². The molecule has 0 fully saturated rings. The standard InChI is InChI=1S/C10H18.C5H8O.C2H6O/c1-7(2)10-8(3)5-6-9(10)4;1-3-4-5-6-2;1-2-3/h7-8H,5-6H2,1-4H3;3-5H,1H2,2H3;3H,2H2,1H3/b;5-4-;/t8-;;/m1../s1. The van der Waals surface area contributed by atoms with Crippen LogP contribution in [0.25, 0.3) is 0 Å². The largest absolute Gasteiger partial charge is 0.504 e. The van der Waals surface area contributed by atoms with Gasteiger partial charge in [0.2, 0.25) is 0 Å². The van der Waals surface area contributed by atoms with Crippen molar-refractivity contribution in [3.8, 4) is 0 Å². The van der Waals surface area contributed by atoms with Crippen LogP contribution in [0.1, 0.15) is 47.5 Å². The molecule has 2 heteroatoms. The first-order valence-corrected chi connectivity index (χ1v) is 7.06. The Balaban J connectivity index is 0. The molecule has 0 heterocycles. The molecule has 112 valence electrons. The third kappa shape index (κ3) is 10.6. The molecule has 0 aromatic carbocycles. The van der Waals surface area contributed by atoms with Crippen molar-refractivity contribution >= 4 is 0 Å². The number of aliphatic hydroxyl groups is 1. The van der Waals surface area contributed by atoms with Crippen molar-refractivity contribution in [2.24, 2.45) is 11.8 Å². The minimum atomic E-state index is 0.250. The summed E-state index contributed by atoms with van der Waals surface area (Å²) in [5, 5.41) is 7.57. The maximum absolute atomic E-state index is 7.57. The van der Waals surface area contributed by atoms with Gasteiger partial charge in [0.25, 0.3) is 0 Å². The zero-order valence-corrected chi connectivity index (χ0v) is 13.6. The van der Waals surface area contributed by atoms with Crippen LogP contribution < -0.4 is 0 Å². The lowest BCUT2D eigenvalue weighted by molar-refractivity contribution is 0.318. The zero-order chi connectivity index (χ0) is 15.3. The van der Waals surface area contributed by atoms with Crippen LogP contribution in [-0.2, 0) is 4.74 Å². The first kappa shape index (κ1) is 20.3. The molecule has 0 aliphatic heterocycles. The molecule has 1 atom stereocenters. The van der Waals surface area contributed by atoms with Crippen LogP contribution >= 0.6 is 0 Å². The molecule has 0 amide bonds. The Hall–Kier alpha value is -1.02. The second kappa shape index (κ2) is 13.4. The maximum atomic E-state index is 7.57. The molecule has 0 saturated carbocycles. The summed E-state index contributed by atoms with van der Waals surface area (Å²) >= 11 is 0. The molecular formula is C17H32O2. The van der Waals surface area contributed by atoms with Crippen LogP contribution in [0, 0.1) is 11.8 Å². The molecule has 0 aromatic rings. The Morgan fingerprint density at radius 1 is 1.47 bits per heavy atom. The number of methoxy groups -OCH3 is 1. The lowest BCUT2D eigenvalue weighted by Crippen LogP contribution is -2.00. The third-order valence-corrected chi connectivity index (χ3v) is 2.95. The molecule has 1 aliphatic rings. The normalized spacial score (nSPS) is 17.8. The van der Waals surface area contributed by atoms with E-state index in [0.717, 1.165) is 11.8 Å². The Morgan fingerprint density at radius 2 is 2.00 bits per heavy atom. The van der Waals surface area contributed by atoms with Gasteiger partial charge in [-0.25, -0.2) is 0 Å². The van der Waals surface area contributed by atoms with Crippen LogP contribution in [0.3, 0.4) is 0 Å². The summed E-state index contributed by atoms with van der Waals surface area (Å²) in [7, 11) is 1.60. The summed E-state index contributed by atoms with van der Waals surface area (Å²) in [4.78, 5) is 0. The SMILES string of the molecule is C=C/C=C\OC.CC1=C(C(C)C)[C@H](C)CC1.CCO. The second-order valence-corrected chi connectivity index (χ2v) is 4.95. The highest BCUT2D eigenvalue weighted by Crippen LogP contribution is 2.35. The maximum Gasteiger partial charge on any atom is 0.0824 e. The molecule has 1 N–H and O–H groups in total. The predicted octanol–water partition coefficient (Wildman–Crippen LogP) is 4.72. The van der Waals surface area contributed by atoms with Crippen molar-refractivity contribution in [1.29, 1.82) is 0 Å². The van der Waals surface area contributed by atoms with Gasteiger partial charge in [-0.15, -0.1) is 0 Å². The van der Waals surface area contributed by atoms with Gasteiger partial charge in [0, 0.05) is 6.61 Å². The molecule has 0 spiro atoms. The number of rotatable bonds is 3. The van der Waals surface area contributed by atoms with Crippen LogP contribution in [0.4, 0.5) is 0 Å². The van der Waals surface area contributed by atoms with E-state index in [4.69, 9.17) is 5.11 Å². The third-order valence-electron chi connectivity index (χ3n) is 2.95. The van der Waals surface area contributed by atoms with E-state index in [1.807, 2.05) is 0 Å². The first-order valence-electron chi connectivity index (χ1n) is 7.06. The van der Waals surface area contributed by atoms with E-state index in [1.165, 1.54) is 12.8 Å². The Kier molecular flexibility index (Phi) is 14.3. The summed E-state index contributed by atoms with van der Waals surface area (Å²) in [6, 6.07) is 0. The molecule has 1 aliphatic carbocycles. The summed E-state index contributed by atoms with van der Waals surface area (Å²) in [6.45, 7) is 14.6. The summed E-state index contributed by atoms with van der Waals surface area (Å²) < 4.78 is 4.53. The molecule has 1 rings (SSSR count). The average Bonchev–Trinajstić information content (AvgIpc) is 2.68. The van der Waals surface area contributed by atoms with Gasteiger partial charge in [-0.2, -0.15) is 0 Å². The predicted molar refractivity (Wildman–Crippen MR) is 85.0 cm³/mol. The fourth-order valence-corrected chi connectivity index (χ4v) is 2.35. The lowest BCUT2D eigenvalue weighted by atomic mass is 9.93. The quantitative estimate of drug-likeness (QED) is 0.456. The van der Waals surface area contributed by atoms with E-state index in [0.29, 0.717) is 0 Å². The number of allylic oxidation sites excluding steroid dienone is 4. The van der Waals surface area contributed by atoms with Crippen molar-refractivity contribution in [2.45, 2.75) is 47.5 Å². The first-order chi connectivity index (χ1) is 8.95. The van der Waals surface area contributed by atoms with Gasteiger partial charge < -0.3 is 9.84 Å². The van der Waals surface area contributed by atoms with E-state index in [2.05, 4.69) is 39.0 Å². The van der Waals surface area contributed by atoms with E-state index in [9.17, 15) is 0 Å².